The van der Waals surface area contributed by atoms with Gasteiger partial charge in [-0.05, 0) is 6.42 Å². The molecule has 1 saturated heterocycles. The highest BCUT2D eigenvalue weighted by Crippen LogP contribution is 2.28. The van der Waals surface area contributed by atoms with E-state index in [0.29, 0.717) is 4.31 Å². The van der Waals surface area contributed by atoms with Gasteiger partial charge in [0.2, 0.25) is 0 Å². The molecule has 0 amide bonds. The van der Waals surface area contributed by atoms with Gasteiger partial charge in [-0.25, -0.2) is 8.42 Å². The molecule has 0 bridgehead atoms. The third kappa shape index (κ3) is 1.94. The zero-order valence-electron chi connectivity index (χ0n) is 6.58. The summed E-state index contributed by atoms with van der Waals surface area (Å²) >= 11 is 0. The maximum atomic E-state index is 11.9. The van der Waals surface area contributed by atoms with E-state index in [4.69, 9.17) is 5.73 Å². The SMILES string of the molecule is N[C@H]1CCN(S(=O)(=O)C(F)(F)F)C1. The van der Waals surface area contributed by atoms with Crippen molar-refractivity contribution in [2.75, 3.05) is 13.1 Å². The lowest BCUT2D eigenvalue weighted by molar-refractivity contribution is -0.0483. The number of hydrogen-bond acceptors (Lipinski definition) is 3. The van der Waals surface area contributed by atoms with Gasteiger partial charge in [0.15, 0.2) is 0 Å². The van der Waals surface area contributed by atoms with E-state index in [1.165, 1.54) is 0 Å². The Morgan fingerprint density at radius 3 is 2.23 bits per heavy atom. The quantitative estimate of drug-likeness (QED) is 0.666. The normalized spacial score (nSPS) is 26.6. The molecule has 1 fully saturated rings. The third-order valence-electron chi connectivity index (χ3n) is 1.82. The van der Waals surface area contributed by atoms with Gasteiger partial charge in [0.25, 0.3) is 0 Å². The Morgan fingerprint density at radius 2 is 1.92 bits per heavy atom. The molecule has 0 radical (unpaired) electrons. The van der Waals surface area contributed by atoms with E-state index in [1.54, 1.807) is 0 Å². The summed E-state index contributed by atoms with van der Waals surface area (Å²) in [5, 5.41) is 0. The molecular formula is C5H9F3N2O2S. The molecule has 4 nitrogen and oxygen atoms in total. The molecule has 1 aliphatic heterocycles. The van der Waals surface area contributed by atoms with E-state index in [1.807, 2.05) is 0 Å². The van der Waals surface area contributed by atoms with Crippen LogP contribution >= 0.6 is 0 Å². The third-order valence-corrected chi connectivity index (χ3v) is 3.42. The van der Waals surface area contributed by atoms with E-state index in [9.17, 15) is 21.6 Å². The monoisotopic (exact) mass is 218 g/mol. The van der Waals surface area contributed by atoms with Gasteiger partial charge < -0.3 is 5.73 Å². The first kappa shape index (κ1) is 10.7. The minimum Gasteiger partial charge on any atom is -0.326 e. The van der Waals surface area contributed by atoms with E-state index in [-0.39, 0.29) is 19.5 Å². The van der Waals surface area contributed by atoms with Crippen LogP contribution in [-0.4, -0.2) is 37.4 Å². The molecule has 2 N–H and O–H groups in total. The van der Waals surface area contributed by atoms with Crippen molar-refractivity contribution >= 4 is 10.0 Å². The highest BCUT2D eigenvalue weighted by Gasteiger charge is 2.51. The second-order valence-corrected chi connectivity index (χ2v) is 4.79. The van der Waals surface area contributed by atoms with E-state index in [2.05, 4.69) is 0 Å². The van der Waals surface area contributed by atoms with Crippen LogP contribution in [0.1, 0.15) is 6.42 Å². The van der Waals surface area contributed by atoms with Crippen LogP contribution in [0.25, 0.3) is 0 Å². The first-order valence-corrected chi connectivity index (χ1v) is 5.01. The lowest BCUT2D eigenvalue weighted by Crippen LogP contribution is -2.40. The second-order valence-electron chi connectivity index (χ2n) is 2.86. The molecular weight excluding hydrogens is 209 g/mol. The van der Waals surface area contributed by atoms with Gasteiger partial charge in [-0.1, -0.05) is 0 Å². The number of nitrogens with zero attached hydrogens (tertiary/aromatic N) is 1. The van der Waals surface area contributed by atoms with Crippen molar-refractivity contribution in [3.8, 4) is 0 Å². The largest absolute Gasteiger partial charge is 0.511 e. The number of alkyl halides is 3. The second kappa shape index (κ2) is 3.10. The molecule has 1 atom stereocenters. The van der Waals surface area contributed by atoms with Crippen LogP contribution in [-0.2, 0) is 10.0 Å². The van der Waals surface area contributed by atoms with Gasteiger partial charge >= 0.3 is 15.5 Å². The molecule has 0 saturated carbocycles. The number of halogens is 3. The first-order chi connectivity index (χ1) is 5.75. The zero-order valence-corrected chi connectivity index (χ0v) is 7.40. The predicted octanol–water partition coefficient (Wildman–Crippen LogP) is -0.131. The predicted molar refractivity (Wildman–Crippen MR) is 39.1 cm³/mol. The summed E-state index contributed by atoms with van der Waals surface area (Å²) in [6, 6.07) is -0.489. The Labute approximate surface area is 73.6 Å². The molecule has 13 heavy (non-hydrogen) atoms. The average molecular weight is 218 g/mol. The lowest BCUT2D eigenvalue weighted by atomic mass is 10.3. The van der Waals surface area contributed by atoms with E-state index < -0.39 is 21.6 Å². The summed E-state index contributed by atoms with van der Waals surface area (Å²) in [5.74, 6) is 0. The van der Waals surface area contributed by atoms with Crippen molar-refractivity contribution in [2.24, 2.45) is 5.73 Å². The minimum atomic E-state index is -5.21. The molecule has 0 aromatic carbocycles. The highest BCUT2D eigenvalue weighted by molar-refractivity contribution is 7.90. The van der Waals surface area contributed by atoms with Crippen molar-refractivity contribution in [1.82, 2.24) is 4.31 Å². The van der Waals surface area contributed by atoms with Gasteiger partial charge in [-0.3, -0.25) is 0 Å². The lowest BCUT2D eigenvalue weighted by Gasteiger charge is -2.17. The summed E-state index contributed by atoms with van der Waals surface area (Å²) < 4.78 is 57.7. The molecule has 1 aliphatic rings. The Hall–Kier alpha value is -0.340. The van der Waals surface area contributed by atoms with Crippen molar-refractivity contribution in [3.05, 3.63) is 0 Å². The summed E-state index contributed by atoms with van der Waals surface area (Å²) in [6.45, 7) is -0.398. The number of rotatable bonds is 1. The van der Waals surface area contributed by atoms with Crippen LogP contribution in [0.4, 0.5) is 13.2 Å². The number of nitrogens with two attached hydrogens (primary N) is 1. The molecule has 8 heteroatoms. The molecule has 0 aromatic rings. The van der Waals surface area contributed by atoms with Gasteiger partial charge in [0.1, 0.15) is 0 Å². The highest BCUT2D eigenvalue weighted by atomic mass is 32.2. The maximum Gasteiger partial charge on any atom is 0.511 e. The molecule has 0 spiro atoms. The minimum absolute atomic E-state index is 0.150. The maximum absolute atomic E-state index is 11.9. The van der Waals surface area contributed by atoms with E-state index >= 15 is 0 Å². The first-order valence-electron chi connectivity index (χ1n) is 3.57. The van der Waals surface area contributed by atoms with Crippen LogP contribution in [0, 0.1) is 0 Å². The Balaban J connectivity index is 2.84. The molecule has 78 valence electrons. The summed E-state index contributed by atoms with van der Waals surface area (Å²) in [4.78, 5) is 0. The van der Waals surface area contributed by atoms with Crippen molar-refractivity contribution in [1.29, 1.82) is 0 Å². The molecule has 0 aliphatic carbocycles. The van der Waals surface area contributed by atoms with Crippen LogP contribution < -0.4 is 5.73 Å². The summed E-state index contributed by atoms with van der Waals surface area (Å²) in [5.41, 5.74) is 0.0804. The Morgan fingerprint density at radius 1 is 1.38 bits per heavy atom. The van der Waals surface area contributed by atoms with Crippen LogP contribution in [0.5, 0.6) is 0 Å². The van der Waals surface area contributed by atoms with Crippen molar-refractivity contribution in [3.63, 3.8) is 0 Å². The standard InChI is InChI=1S/C5H9F3N2O2S/c6-5(7,8)13(11,12)10-2-1-4(9)3-10/h4H,1-3,9H2/t4-/m0/s1. The van der Waals surface area contributed by atoms with Gasteiger partial charge in [0.05, 0.1) is 0 Å². The topological polar surface area (TPSA) is 63.4 Å². The Bertz CT molecular complexity index is 287. The fraction of sp³-hybridized carbons (Fsp3) is 1.00. The zero-order chi connectivity index (χ0) is 10.3. The van der Waals surface area contributed by atoms with Gasteiger partial charge in [-0.2, -0.15) is 17.5 Å². The fourth-order valence-electron chi connectivity index (χ4n) is 1.12. The van der Waals surface area contributed by atoms with Crippen molar-refractivity contribution in [2.45, 2.75) is 18.0 Å². The summed E-state index contributed by atoms with van der Waals surface area (Å²) in [6.07, 6.45) is 0.273. The van der Waals surface area contributed by atoms with Crippen LogP contribution in [0.15, 0.2) is 0 Å². The van der Waals surface area contributed by atoms with Gasteiger partial charge in [-0.15, -0.1) is 0 Å². The molecule has 1 rings (SSSR count). The molecule has 1 heterocycles. The number of sulfonamides is 1. The van der Waals surface area contributed by atoms with Crippen LogP contribution in [0.2, 0.25) is 0 Å². The average Bonchev–Trinajstić information content (AvgIpc) is 2.33. The molecule has 0 aromatic heterocycles. The fourth-order valence-corrected chi connectivity index (χ4v) is 2.14. The van der Waals surface area contributed by atoms with Crippen molar-refractivity contribution < 1.29 is 21.6 Å². The molecule has 0 unspecified atom stereocenters. The summed E-state index contributed by atoms with van der Waals surface area (Å²) in [7, 11) is -5.16. The van der Waals surface area contributed by atoms with Gasteiger partial charge in [0, 0.05) is 19.1 Å². The van der Waals surface area contributed by atoms with Crippen LogP contribution in [0.3, 0.4) is 0 Å². The Kier molecular flexibility index (Phi) is 2.56. The number of hydrogen-bond donors (Lipinski definition) is 1. The van der Waals surface area contributed by atoms with E-state index in [0.717, 1.165) is 0 Å². The smallest absolute Gasteiger partial charge is 0.326 e.